The molecule has 154 valence electrons. The lowest BCUT2D eigenvalue weighted by atomic mass is 9.98. The van der Waals surface area contributed by atoms with E-state index in [0.717, 1.165) is 28.3 Å². The summed E-state index contributed by atoms with van der Waals surface area (Å²) in [6.45, 7) is 1.93. The van der Waals surface area contributed by atoms with Gasteiger partial charge in [0.2, 0.25) is 0 Å². The molecule has 0 saturated heterocycles. The van der Waals surface area contributed by atoms with Gasteiger partial charge in [0.25, 0.3) is 0 Å². The topological polar surface area (TPSA) is 98.3 Å². The Balaban J connectivity index is 1.84. The van der Waals surface area contributed by atoms with Crippen molar-refractivity contribution in [1.29, 1.82) is 5.26 Å². The highest BCUT2D eigenvalue weighted by molar-refractivity contribution is 5.85. The molecule has 0 unspecified atom stereocenters. The van der Waals surface area contributed by atoms with Gasteiger partial charge in [-0.15, -0.1) is 0 Å². The summed E-state index contributed by atoms with van der Waals surface area (Å²) in [5.74, 6) is 0.958. The molecule has 0 saturated carbocycles. The Hall–Kier alpha value is -4.70. The van der Waals surface area contributed by atoms with E-state index in [2.05, 4.69) is 16.0 Å². The molecule has 5 aromatic rings. The molecule has 0 bridgehead atoms. The lowest BCUT2D eigenvalue weighted by Gasteiger charge is -2.13. The number of aryl methyl sites for hydroxylation is 1. The predicted molar refractivity (Wildman–Crippen MR) is 123 cm³/mol. The van der Waals surface area contributed by atoms with Gasteiger partial charge in [-0.25, -0.2) is 14.6 Å². The Morgan fingerprint density at radius 2 is 1.72 bits per heavy atom. The smallest absolute Gasteiger partial charge is 0.149 e. The molecule has 32 heavy (non-hydrogen) atoms. The van der Waals surface area contributed by atoms with Crippen LogP contribution in [0.1, 0.15) is 11.3 Å². The van der Waals surface area contributed by atoms with Gasteiger partial charge >= 0.3 is 0 Å². The first kappa shape index (κ1) is 19.3. The molecule has 0 amide bonds. The molecule has 0 fully saturated rings. The molecule has 0 atom stereocenters. The van der Waals surface area contributed by atoms with Crippen molar-refractivity contribution < 1.29 is 0 Å². The fourth-order valence-corrected chi connectivity index (χ4v) is 3.84. The maximum absolute atomic E-state index is 9.94. The van der Waals surface area contributed by atoms with E-state index in [9.17, 15) is 5.26 Å². The van der Waals surface area contributed by atoms with Crippen molar-refractivity contribution in [2.24, 2.45) is 0 Å². The van der Waals surface area contributed by atoms with Crippen molar-refractivity contribution >= 4 is 5.82 Å². The quantitative estimate of drug-likeness (QED) is 0.463. The number of nitrogen functional groups attached to an aromatic ring is 1. The number of hydrogen-bond acceptors (Lipinski definition) is 5. The van der Waals surface area contributed by atoms with Gasteiger partial charge in [-0.2, -0.15) is 10.4 Å². The van der Waals surface area contributed by atoms with Crippen LogP contribution < -0.4 is 5.73 Å². The monoisotopic (exact) mass is 417 g/mol. The van der Waals surface area contributed by atoms with Crippen LogP contribution in [-0.4, -0.2) is 24.3 Å². The summed E-state index contributed by atoms with van der Waals surface area (Å²) in [6, 6.07) is 23.8. The Morgan fingerprint density at radius 1 is 1.00 bits per heavy atom. The number of aromatic nitrogens is 5. The van der Waals surface area contributed by atoms with Gasteiger partial charge in [0.15, 0.2) is 0 Å². The molecule has 3 heterocycles. The number of benzene rings is 2. The lowest BCUT2D eigenvalue weighted by molar-refractivity contribution is 0.812. The van der Waals surface area contributed by atoms with Gasteiger partial charge in [-0.3, -0.25) is 4.57 Å². The maximum atomic E-state index is 9.94. The molecular weight excluding hydrogens is 398 g/mol. The number of hydrogen-bond donors (Lipinski definition) is 1. The van der Waals surface area contributed by atoms with Crippen LogP contribution in [0.4, 0.5) is 5.82 Å². The van der Waals surface area contributed by atoms with E-state index in [1.54, 1.807) is 12.5 Å². The van der Waals surface area contributed by atoms with E-state index in [0.29, 0.717) is 16.8 Å². The van der Waals surface area contributed by atoms with Crippen molar-refractivity contribution in [3.63, 3.8) is 0 Å². The van der Waals surface area contributed by atoms with Gasteiger partial charge in [0, 0.05) is 29.1 Å². The molecule has 5 rings (SSSR count). The predicted octanol–water partition coefficient (Wildman–Crippen LogP) is 4.55. The number of nitrogens with two attached hydrogens (primary N) is 1. The largest absolute Gasteiger partial charge is 0.383 e. The first-order valence-electron chi connectivity index (χ1n) is 10.1. The summed E-state index contributed by atoms with van der Waals surface area (Å²) < 4.78 is 3.74. The minimum absolute atomic E-state index is 0.187. The van der Waals surface area contributed by atoms with Crippen LogP contribution in [-0.2, 0) is 0 Å². The lowest BCUT2D eigenvalue weighted by Crippen LogP contribution is -2.06. The molecule has 3 aromatic heterocycles. The molecule has 0 radical (unpaired) electrons. The van der Waals surface area contributed by atoms with Gasteiger partial charge < -0.3 is 5.73 Å². The number of imidazole rings is 1. The van der Waals surface area contributed by atoms with Crippen LogP contribution in [0.5, 0.6) is 0 Å². The fraction of sp³-hybridized carbons (Fsp3) is 0.0400. The van der Waals surface area contributed by atoms with Gasteiger partial charge in [0.1, 0.15) is 29.6 Å². The van der Waals surface area contributed by atoms with Crippen LogP contribution in [0.25, 0.3) is 33.9 Å². The average Bonchev–Trinajstić information content (AvgIpc) is 3.47. The summed E-state index contributed by atoms with van der Waals surface area (Å²) in [5, 5.41) is 14.8. The highest BCUT2D eigenvalue weighted by Crippen LogP contribution is 2.37. The second-order valence-corrected chi connectivity index (χ2v) is 7.29. The van der Waals surface area contributed by atoms with E-state index in [1.165, 1.54) is 0 Å². The van der Waals surface area contributed by atoms with Crippen molar-refractivity contribution in [1.82, 2.24) is 24.3 Å². The second kappa shape index (κ2) is 7.85. The highest BCUT2D eigenvalue weighted by Gasteiger charge is 2.24. The van der Waals surface area contributed by atoms with Crippen LogP contribution in [0, 0.1) is 18.3 Å². The van der Waals surface area contributed by atoms with Crippen LogP contribution in [0.3, 0.4) is 0 Å². The zero-order valence-electron chi connectivity index (χ0n) is 17.3. The maximum Gasteiger partial charge on any atom is 0.149 e. The summed E-state index contributed by atoms with van der Waals surface area (Å²) in [4.78, 5) is 8.72. The molecule has 7 heteroatoms. The average molecular weight is 417 g/mol. The van der Waals surface area contributed by atoms with Crippen LogP contribution in [0.15, 0.2) is 85.5 Å². The number of anilines is 1. The first-order valence-corrected chi connectivity index (χ1v) is 10.1. The van der Waals surface area contributed by atoms with Crippen molar-refractivity contribution in [3.8, 4) is 40.0 Å². The highest BCUT2D eigenvalue weighted by atomic mass is 15.4. The molecule has 2 N–H and O–H groups in total. The summed E-state index contributed by atoms with van der Waals surface area (Å²) in [5.41, 5.74) is 11.3. The molecule has 0 spiro atoms. The third-order valence-electron chi connectivity index (χ3n) is 5.28. The molecule has 7 nitrogen and oxygen atoms in total. The Morgan fingerprint density at radius 3 is 2.38 bits per heavy atom. The number of pyridine rings is 1. The number of nitriles is 1. The minimum atomic E-state index is 0.187. The normalized spacial score (nSPS) is 10.8. The first-order chi connectivity index (χ1) is 15.7. The summed E-state index contributed by atoms with van der Waals surface area (Å²) in [7, 11) is 0. The second-order valence-electron chi connectivity index (χ2n) is 7.29. The number of rotatable bonds is 4. The number of nitrogens with zero attached hydrogens (tertiary/aromatic N) is 6. The minimum Gasteiger partial charge on any atom is -0.383 e. The van der Waals surface area contributed by atoms with Gasteiger partial charge in [0.05, 0.1) is 17.1 Å². The van der Waals surface area contributed by atoms with Crippen molar-refractivity contribution in [2.45, 2.75) is 6.92 Å². The molecular formula is C25H19N7. The van der Waals surface area contributed by atoms with E-state index in [-0.39, 0.29) is 5.82 Å². The van der Waals surface area contributed by atoms with Crippen molar-refractivity contribution in [3.05, 3.63) is 96.7 Å². The SMILES string of the molecule is Cc1nn(-c2ccccc2)c(-n2ccnc2)c1-c1cc(-c2ccccc2)nc(N)c1C#N. The van der Waals surface area contributed by atoms with E-state index in [4.69, 9.17) is 10.8 Å². The Bertz CT molecular complexity index is 1430. The van der Waals surface area contributed by atoms with Crippen LogP contribution in [0.2, 0.25) is 0 Å². The van der Waals surface area contributed by atoms with Crippen LogP contribution >= 0.6 is 0 Å². The van der Waals surface area contributed by atoms with Crippen molar-refractivity contribution in [2.75, 3.05) is 5.73 Å². The summed E-state index contributed by atoms with van der Waals surface area (Å²) >= 11 is 0. The summed E-state index contributed by atoms with van der Waals surface area (Å²) in [6.07, 6.45) is 5.28. The Kier molecular flexibility index (Phi) is 4.73. The third kappa shape index (κ3) is 3.20. The number of para-hydroxylation sites is 1. The molecule has 0 aliphatic rings. The molecule has 0 aliphatic heterocycles. The third-order valence-corrected chi connectivity index (χ3v) is 5.28. The standard InChI is InChI=1S/C25H19N7/c1-17-23(20-14-22(18-8-4-2-5-9-18)29-24(27)21(20)15-26)25(31-13-12-28-16-31)32(30-17)19-10-6-3-7-11-19/h2-14,16H,1H3,(H2,27,29). The van der Waals surface area contributed by atoms with Gasteiger partial charge in [-0.05, 0) is 25.1 Å². The van der Waals surface area contributed by atoms with Gasteiger partial charge in [-0.1, -0.05) is 48.5 Å². The zero-order valence-corrected chi connectivity index (χ0v) is 17.3. The van der Waals surface area contributed by atoms with E-state index >= 15 is 0 Å². The Labute approximate surface area is 185 Å². The van der Waals surface area contributed by atoms with E-state index < -0.39 is 0 Å². The fourth-order valence-electron chi connectivity index (χ4n) is 3.84. The molecule has 2 aromatic carbocycles. The zero-order chi connectivity index (χ0) is 22.1. The molecule has 0 aliphatic carbocycles. The van der Waals surface area contributed by atoms with E-state index in [1.807, 2.05) is 89.1 Å².